The molecule has 0 atom stereocenters. The van der Waals surface area contributed by atoms with E-state index in [0.29, 0.717) is 5.41 Å². The SMILES string of the molecule is CN=C(NCCCOC)N1CCCC2(CCCCCC2)C1. The highest BCUT2D eigenvalue weighted by Gasteiger charge is 2.36. The van der Waals surface area contributed by atoms with Gasteiger partial charge in [0.2, 0.25) is 0 Å². The van der Waals surface area contributed by atoms with Crippen LogP contribution in [-0.2, 0) is 4.74 Å². The van der Waals surface area contributed by atoms with E-state index in [1.165, 1.54) is 57.9 Å². The molecule has 122 valence electrons. The normalized spacial score (nSPS) is 23.1. The molecule has 1 saturated heterocycles. The lowest BCUT2D eigenvalue weighted by atomic mass is 9.74. The number of guanidine groups is 1. The smallest absolute Gasteiger partial charge is 0.193 e. The molecule has 1 saturated carbocycles. The lowest BCUT2D eigenvalue weighted by molar-refractivity contribution is 0.115. The molecular weight excluding hydrogens is 262 g/mol. The molecule has 1 spiro atoms. The van der Waals surface area contributed by atoms with Crippen molar-refractivity contribution in [2.45, 2.75) is 57.8 Å². The summed E-state index contributed by atoms with van der Waals surface area (Å²) in [5, 5.41) is 3.51. The molecule has 0 radical (unpaired) electrons. The van der Waals surface area contributed by atoms with Crippen LogP contribution in [0.25, 0.3) is 0 Å². The fourth-order valence-electron chi connectivity index (χ4n) is 4.02. The Hall–Kier alpha value is -0.770. The van der Waals surface area contributed by atoms with Crippen LogP contribution in [0.5, 0.6) is 0 Å². The van der Waals surface area contributed by atoms with Gasteiger partial charge in [-0.05, 0) is 37.5 Å². The van der Waals surface area contributed by atoms with Crippen molar-refractivity contribution in [1.82, 2.24) is 10.2 Å². The average molecular weight is 295 g/mol. The van der Waals surface area contributed by atoms with Gasteiger partial charge in [-0.1, -0.05) is 25.7 Å². The topological polar surface area (TPSA) is 36.9 Å². The number of nitrogens with zero attached hydrogens (tertiary/aromatic N) is 2. The van der Waals surface area contributed by atoms with Crippen LogP contribution in [-0.4, -0.2) is 51.3 Å². The third-order valence-corrected chi connectivity index (χ3v) is 5.15. The van der Waals surface area contributed by atoms with Crippen molar-refractivity contribution in [3.05, 3.63) is 0 Å². The van der Waals surface area contributed by atoms with Crippen molar-refractivity contribution >= 4 is 5.96 Å². The maximum atomic E-state index is 5.11. The highest BCUT2D eigenvalue weighted by molar-refractivity contribution is 5.80. The molecule has 2 fully saturated rings. The molecule has 1 N–H and O–H groups in total. The van der Waals surface area contributed by atoms with Crippen LogP contribution >= 0.6 is 0 Å². The standard InChI is InChI=1S/C17H33N3O/c1-18-16(19-12-8-14-21-2)20-13-7-11-17(15-20)9-5-3-4-6-10-17/h3-15H2,1-2H3,(H,18,19). The first-order valence-electron chi connectivity index (χ1n) is 8.74. The monoisotopic (exact) mass is 295 g/mol. The summed E-state index contributed by atoms with van der Waals surface area (Å²) in [6.45, 7) is 4.13. The fourth-order valence-corrected chi connectivity index (χ4v) is 4.02. The second kappa shape index (κ2) is 8.62. The number of hydrogen-bond acceptors (Lipinski definition) is 2. The van der Waals surface area contributed by atoms with Crippen LogP contribution in [0, 0.1) is 5.41 Å². The van der Waals surface area contributed by atoms with E-state index in [1.807, 2.05) is 7.05 Å². The third kappa shape index (κ3) is 4.87. The van der Waals surface area contributed by atoms with Gasteiger partial charge in [-0.3, -0.25) is 4.99 Å². The van der Waals surface area contributed by atoms with E-state index in [0.717, 1.165) is 32.1 Å². The Morgan fingerprint density at radius 3 is 2.52 bits per heavy atom. The maximum absolute atomic E-state index is 5.11. The van der Waals surface area contributed by atoms with Gasteiger partial charge in [-0.25, -0.2) is 0 Å². The Kier molecular flexibility index (Phi) is 6.81. The van der Waals surface area contributed by atoms with Gasteiger partial charge in [-0.2, -0.15) is 0 Å². The zero-order chi connectivity index (χ0) is 15.0. The van der Waals surface area contributed by atoms with E-state index in [1.54, 1.807) is 7.11 Å². The largest absolute Gasteiger partial charge is 0.385 e. The summed E-state index contributed by atoms with van der Waals surface area (Å²) in [5.41, 5.74) is 0.568. The fraction of sp³-hybridized carbons (Fsp3) is 0.941. The van der Waals surface area contributed by atoms with Crippen LogP contribution in [0.1, 0.15) is 57.8 Å². The Morgan fingerprint density at radius 2 is 1.86 bits per heavy atom. The molecule has 2 aliphatic rings. The van der Waals surface area contributed by atoms with Crippen LogP contribution in [0.15, 0.2) is 4.99 Å². The Labute approximate surface area is 130 Å². The summed E-state index contributed by atoms with van der Waals surface area (Å²) in [6, 6.07) is 0. The molecular formula is C17H33N3O. The second-order valence-corrected chi connectivity index (χ2v) is 6.76. The summed E-state index contributed by atoms with van der Waals surface area (Å²) in [5.74, 6) is 1.09. The number of likely N-dealkylation sites (tertiary alicyclic amines) is 1. The average Bonchev–Trinajstić information content (AvgIpc) is 2.73. The quantitative estimate of drug-likeness (QED) is 0.492. The maximum Gasteiger partial charge on any atom is 0.193 e. The molecule has 0 bridgehead atoms. The van der Waals surface area contributed by atoms with E-state index in [4.69, 9.17) is 4.74 Å². The van der Waals surface area contributed by atoms with Gasteiger partial charge in [0.15, 0.2) is 5.96 Å². The molecule has 0 aromatic heterocycles. The first-order valence-corrected chi connectivity index (χ1v) is 8.74. The molecule has 4 nitrogen and oxygen atoms in total. The predicted octanol–water partition coefficient (Wildman–Crippen LogP) is 3.03. The number of methoxy groups -OCH3 is 1. The minimum absolute atomic E-state index is 0.568. The van der Waals surface area contributed by atoms with E-state index < -0.39 is 0 Å². The Balaban J connectivity index is 1.88. The second-order valence-electron chi connectivity index (χ2n) is 6.76. The van der Waals surface area contributed by atoms with Crippen molar-refractivity contribution in [1.29, 1.82) is 0 Å². The highest BCUT2D eigenvalue weighted by Crippen LogP contribution is 2.42. The summed E-state index contributed by atoms with van der Waals surface area (Å²) < 4.78 is 5.11. The van der Waals surface area contributed by atoms with Gasteiger partial charge in [-0.15, -0.1) is 0 Å². The molecule has 0 amide bonds. The molecule has 0 unspecified atom stereocenters. The van der Waals surface area contributed by atoms with Gasteiger partial charge >= 0.3 is 0 Å². The molecule has 2 rings (SSSR count). The molecule has 21 heavy (non-hydrogen) atoms. The number of rotatable bonds is 4. The lowest BCUT2D eigenvalue weighted by Crippen LogP contribution is -2.50. The number of hydrogen-bond donors (Lipinski definition) is 1. The van der Waals surface area contributed by atoms with Gasteiger partial charge in [0.25, 0.3) is 0 Å². The zero-order valence-electron chi connectivity index (χ0n) is 14.0. The Bertz CT molecular complexity index is 322. The number of aliphatic imine (C=N–C) groups is 1. The number of nitrogens with one attached hydrogen (secondary N) is 1. The highest BCUT2D eigenvalue weighted by atomic mass is 16.5. The van der Waals surface area contributed by atoms with Gasteiger partial charge < -0.3 is 15.0 Å². The Morgan fingerprint density at radius 1 is 1.14 bits per heavy atom. The van der Waals surface area contributed by atoms with Crippen LogP contribution < -0.4 is 5.32 Å². The minimum atomic E-state index is 0.568. The van der Waals surface area contributed by atoms with E-state index in [-0.39, 0.29) is 0 Å². The molecule has 0 aromatic rings. The van der Waals surface area contributed by atoms with Crippen LogP contribution in [0.3, 0.4) is 0 Å². The van der Waals surface area contributed by atoms with E-state index in [9.17, 15) is 0 Å². The lowest BCUT2D eigenvalue weighted by Gasteiger charge is -2.44. The molecule has 1 aliphatic heterocycles. The number of piperidine rings is 1. The molecule has 1 aliphatic carbocycles. The van der Waals surface area contributed by atoms with Crippen LogP contribution in [0.4, 0.5) is 0 Å². The summed E-state index contributed by atoms with van der Waals surface area (Å²) >= 11 is 0. The van der Waals surface area contributed by atoms with Crippen molar-refractivity contribution in [3.8, 4) is 0 Å². The first kappa shape index (κ1) is 16.6. The summed E-state index contributed by atoms with van der Waals surface area (Å²) in [6.07, 6.45) is 12.3. The molecule has 1 heterocycles. The number of ether oxygens (including phenoxy) is 1. The third-order valence-electron chi connectivity index (χ3n) is 5.15. The van der Waals surface area contributed by atoms with Crippen molar-refractivity contribution in [2.24, 2.45) is 10.4 Å². The predicted molar refractivity (Wildman–Crippen MR) is 88.8 cm³/mol. The zero-order valence-corrected chi connectivity index (χ0v) is 14.0. The van der Waals surface area contributed by atoms with Crippen LogP contribution in [0.2, 0.25) is 0 Å². The van der Waals surface area contributed by atoms with Crippen molar-refractivity contribution in [2.75, 3.05) is 40.4 Å². The van der Waals surface area contributed by atoms with Gasteiger partial charge in [0.05, 0.1) is 0 Å². The van der Waals surface area contributed by atoms with Crippen molar-refractivity contribution in [3.63, 3.8) is 0 Å². The van der Waals surface area contributed by atoms with E-state index >= 15 is 0 Å². The van der Waals surface area contributed by atoms with Crippen molar-refractivity contribution < 1.29 is 4.74 Å². The minimum Gasteiger partial charge on any atom is -0.385 e. The first-order chi connectivity index (χ1) is 10.3. The summed E-state index contributed by atoms with van der Waals surface area (Å²) in [4.78, 5) is 7.00. The summed E-state index contributed by atoms with van der Waals surface area (Å²) in [7, 11) is 3.67. The molecule has 0 aromatic carbocycles. The van der Waals surface area contributed by atoms with Gasteiger partial charge in [0.1, 0.15) is 0 Å². The van der Waals surface area contributed by atoms with E-state index in [2.05, 4.69) is 15.2 Å². The molecule has 4 heteroatoms. The van der Waals surface area contributed by atoms with Gasteiger partial charge in [0, 0.05) is 40.4 Å².